The van der Waals surface area contributed by atoms with Crippen molar-refractivity contribution in [3.63, 3.8) is 0 Å². The van der Waals surface area contributed by atoms with Gasteiger partial charge < -0.3 is 20.7 Å². The maximum Gasteiger partial charge on any atom is 0.198 e. The van der Waals surface area contributed by atoms with Gasteiger partial charge in [-0.2, -0.15) is 0 Å². The number of hydrogen-bond donors (Lipinski definition) is 2. The van der Waals surface area contributed by atoms with Gasteiger partial charge in [0.25, 0.3) is 0 Å². The molecule has 1 heterocycles. The lowest BCUT2D eigenvalue weighted by Gasteiger charge is -2.36. The average molecular weight is 389 g/mol. The van der Waals surface area contributed by atoms with Crippen LogP contribution in [-0.2, 0) is 0 Å². The Bertz CT molecular complexity index is 610. The molecule has 0 spiro atoms. The highest BCUT2D eigenvalue weighted by atomic mass is 16.5. The topological polar surface area (TPSA) is 62.9 Å². The summed E-state index contributed by atoms with van der Waals surface area (Å²) in [5.41, 5.74) is 6.95. The summed E-state index contributed by atoms with van der Waals surface area (Å²) < 4.78 is 5.83. The number of ether oxygens (including phenoxy) is 1. The van der Waals surface area contributed by atoms with Crippen molar-refractivity contribution in [1.82, 2.24) is 4.90 Å². The van der Waals surface area contributed by atoms with Crippen LogP contribution in [0.2, 0.25) is 0 Å². The predicted octanol–water partition coefficient (Wildman–Crippen LogP) is 4.74. The first-order valence-corrected chi connectivity index (χ1v) is 10.8. The molecule has 0 bridgehead atoms. The molecule has 1 aromatic carbocycles. The Morgan fingerprint density at radius 2 is 2.00 bits per heavy atom. The van der Waals surface area contributed by atoms with E-state index in [1.807, 2.05) is 12.1 Å². The van der Waals surface area contributed by atoms with Gasteiger partial charge in [-0.3, -0.25) is 4.99 Å². The van der Waals surface area contributed by atoms with Gasteiger partial charge in [0.05, 0.1) is 6.61 Å². The van der Waals surface area contributed by atoms with Crippen LogP contribution < -0.4 is 15.8 Å². The van der Waals surface area contributed by atoms with Crippen molar-refractivity contribution in [2.24, 2.45) is 22.1 Å². The fraction of sp³-hybridized carbons (Fsp3) is 0.696. The van der Waals surface area contributed by atoms with Gasteiger partial charge in [0.2, 0.25) is 0 Å². The lowest BCUT2D eigenvalue weighted by atomic mass is 9.94. The highest BCUT2D eigenvalue weighted by Crippen LogP contribution is 2.21. The second-order valence-corrected chi connectivity index (χ2v) is 9.23. The van der Waals surface area contributed by atoms with Crippen molar-refractivity contribution in [1.29, 1.82) is 0 Å². The maximum absolute atomic E-state index is 5.91. The Kier molecular flexibility index (Phi) is 8.61. The minimum absolute atomic E-state index is 0.0000664. The van der Waals surface area contributed by atoms with Crippen molar-refractivity contribution < 1.29 is 4.74 Å². The quantitative estimate of drug-likeness (QED) is 0.499. The van der Waals surface area contributed by atoms with Crippen LogP contribution in [0.5, 0.6) is 5.75 Å². The first-order chi connectivity index (χ1) is 13.3. The molecule has 5 nitrogen and oxygen atoms in total. The molecule has 0 aliphatic carbocycles. The summed E-state index contributed by atoms with van der Waals surface area (Å²) in [7, 11) is 0. The van der Waals surface area contributed by atoms with Crippen molar-refractivity contribution in [3.8, 4) is 5.75 Å². The fourth-order valence-electron chi connectivity index (χ4n) is 3.14. The number of likely N-dealkylation sites (tertiary alicyclic amines) is 1. The molecule has 158 valence electrons. The first kappa shape index (κ1) is 22.5. The van der Waals surface area contributed by atoms with Gasteiger partial charge in [0.1, 0.15) is 5.75 Å². The van der Waals surface area contributed by atoms with Crippen LogP contribution in [0.1, 0.15) is 60.3 Å². The third-order valence-corrected chi connectivity index (χ3v) is 5.36. The Balaban J connectivity index is 2.07. The normalized spacial score (nSPS) is 18.5. The summed E-state index contributed by atoms with van der Waals surface area (Å²) >= 11 is 0. The number of anilines is 1. The molecule has 0 aromatic heterocycles. The van der Waals surface area contributed by atoms with E-state index in [1.54, 1.807) is 0 Å². The van der Waals surface area contributed by atoms with Crippen LogP contribution in [-0.4, -0.2) is 43.1 Å². The van der Waals surface area contributed by atoms with E-state index in [0.29, 0.717) is 25.0 Å². The van der Waals surface area contributed by atoms with E-state index >= 15 is 0 Å². The number of nitrogens with one attached hydrogen (secondary N) is 1. The Morgan fingerprint density at radius 3 is 2.61 bits per heavy atom. The number of guanidine groups is 1. The second kappa shape index (κ2) is 10.7. The van der Waals surface area contributed by atoms with Crippen molar-refractivity contribution in [2.45, 2.75) is 66.3 Å². The molecule has 1 aromatic rings. The number of aliphatic imine (C=N–C) groups is 1. The van der Waals surface area contributed by atoms with E-state index in [-0.39, 0.29) is 5.41 Å². The predicted molar refractivity (Wildman–Crippen MR) is 120 cm³/mol. The summed E-state index contributed by atoms with van der Waals surface area (Å²) in [5, 5.41) is 3.56. The molecule has 0 saturated carbocycles. The zero-order valence-corrected chi connectivity index (χ0v) is 18.5. The summed E-state index contributed by atoms with van der Waals surface area (Å²) in [4.78, 5) is 7.35. The standard InChI is InChI=1S/C23H40N4O/c1-18(2)13-15-28-21-11-9-20(10-12-21)26-22(25-17-23(4,5)16-24)27-14-7-6-8-19(27)3/h9-12,18-19H,6-8,13-17,24H2,1-5H3,(H,25,26). The average Bonchev–Trinajstić information content (AvgIpc) is 2.67. The van der Waals surface area contributed by atoms with Gasteiger partial charge in [-0.25, -0.2) is 0 Å². The minimum Gasteiger partial charge on any atom is -0.494 e. The molecule has 5 heteroatoms. The zero-order valence-electron chi connectivity index (χ0n) is 18.5. The van der Waals surface area contributed by atoms with Crippen molar-refractivity contribution >= 4 is 11.6 Å². The second-order valence-electron chi connectivity index (χ2n) is 9.23. The third kappa shape index (κ3) is 7.34. The van der Waals surface area contributed by atoms with E-state index in [2.05, 4.69) is 57.0 Å². The molecule has 0 amide bonds. The summed E-state index contributed by atoms with van der Waals surface area (Å²) in [5.74, 6) is 2.53. The molecule has 28 heavy (non-hydrogen) atoms. The zero-order chi connectivity index (χ0) is 20.6. The van der Waals surface area contributed by atoms with Gasteiger partial charge in [-0.1, -0.05) is 27.7 Å². The number of piperidine rings is 1. The third-order valence-electron chi connectivity index (χ3n) is 5.36. The Morgan fingerprint density at radius 1 is 1.29 bits per heavy atom. The van der Waals surface area contributed by atoms with Crippen LogP contribution in [0.15, 0.2) is 29.3 Å². The SMILES string of the molecule is CC(C)CCOc1ccc(NC(=NCC(C)(C)CN)N2CCCCC2C)cc1. The van der Waals surface area contributed by atoms with Crippen LogP contribution >= 0.6 is 0 Å². The molecule has 1 aliphatic rings. The number of hydrogen-bond acceptors (Lipinski definition) is 3. The lowest BCUT2D eigenvalue weighted by Crippen LogP contribution is -2.46. The number of benzene rings is 1. The molecule has 0 radical (unpaired) electrons. The fourth-order valence-corrected chi connectivity index (χ4v) is 3.14. The van der Waals surface area contributed by atoms with Crippen molar-refractivity contribution in [2.75, 3.05) is 31.6 Å². The highest BCUT2D eigenvalue weighted by molar-refractivity contribution is 5.94. The van der Waals surface area contributed by atoms with Crippen molar-refractivity contribution in [3.05, 3.63) is 24.3 Å². The number of rotatable bonds is 8. The molecular formula is C23H40N4O. The molecule has 1 saturated heterocycles. The smallest absolute Gasteiger partial charge is 0.198 e. The molecule has 1 fully saturated rings. The van der Waals surface area contributed by atoms with Gasteiger partial charge >= 0.3 is 0 Å². The van der Waals surface area contributed by atoms with Gasteiger partial charge in [-0.05, 0) is 74.8 Å². The molecule has 1 atom stereocenters. The highest BCUT2D eigenvalue weighted by Gasteiger charge is 2.23. The monoisotopic (exact) mass is 388 g/mol. The van der Waals surface area contributed by atoms with Gasteiger partial charge in [-0.15, -0.1) is 0 Å². The molecule has 3 N–H and O–H groups in total. The molecule has 1 unspecified atom stereocenters. The van der Waals surface area contributed by atoms with Crippen LogP contribution in [0.4, 0.5) is 5.69 Å². The Hall–Kier alpha value is -1.75. The van der Waals surface area contributed by atoms with Gasteiger partial charge in [0, 0.05) is 24.8 Å². The lowest BCUT2D eigenvalue weighted by molar-refractivity contribution is 0.255. The number of nitrogens with two attached hydrogens (primary N) is 1. The van der Waals surface area contributed by atoms with Crippen LogP contribution in [0.3, 0.4) is 0 Å². The van der Waals surface area contributed by atoms with Crippen LogP contribution in [0.25, 0.3) is 0 Å². The largest absolute Gasteiger partial charge is 0.494 e. The van der Waals surface area contributed by atoms with E-state index in [0.717, 1.165) is 37.0 Å². The van der Waals surface area contributed by atoms with E-state index < -0.39 is 0 Å². The Labute approximate surface area is 171 Å². The number of nitrogens with zero attached hydrogens (tertiary/aromatic N) is 2. The van der Waals surface area contributed by atoms with E-state index in [4.69, 9.17) is 15.5 Å². The van der Waals surface area contributed by atoms with Gasteiger partial charge in [0.15, 0.2) is 5.96 Å². The summed E-state index contributed by atoms with van der Waals surface area (Å²) in [6.45, 7) is 14.2. The minimum atomic E-state index is 0.0000664. The van der Waals surface area contributed by atoms with E-state index in [1.165, 1.54) is 19.3 Å². The molecule has 1 aliphatic heterocycles. The van der Waals surface area contributed by atoms with Crippen LogP contribution in [0, 0.1) is 11.3 Å². The molecular weight excluding hydrogens is 348 g/mol. The summed E-state index contributed by atoms with van der Waals surface area (Å²) in [6, 6.07) is 8.71. The van der Waals surface area contributed by atoms with E-state index in [9.17, 15) is 0 Å². The summed E-state index contributed by atoms with van der Waals surface area (Å²) in [6.07, 6.45) is 4.79. The molecule has 2 rings (SSSR count). The maximum atomic E-state index is 5.91. The first-order valence-electron chi connectivity index (χ1n) is 10.8.